The van der Waals surface area contributed by atoms with Crippen molar-refractivity contribution in [3.05, 3.63) is 53.3 Å². The van der Waals surface area contributed by atoms with E-state index in [0.717, 1.165) is 11.3 Å². The summed E-state index contributed by atoms with van der Waals surface area (Å²) in [7, 11) is 0. The van der Waals surface area contributed by atoms with E-state index in [1.165, 1.54) is 0 Å². The highest BCUT2D eigenvalue weighted by Gasteiger charge is 1.99. The third-order valence-electron chi connectivity index (χ3n) is 2.31. The molecule has 4 heteroatoms. The SMILES string of the molecule is N#Cc1cccc(Cn2ccc(CN)n2)c1. The second-order valence-electron chi connectivity index (χ2n) is 3.52. The molecule has 0 atom stereocenters. The molecule has 2 N–H and O–H groups in total. The van der Waals surface area contributed by atoms with Crippen LogP contribution in [0.5, 0.6) is 0 Å². The highest BCUT2D eigenvalue weighted by molar-refractivity contribution is 5.32. The Morgan fingerprint density at radius 3 is 2.94 bits per heavy atom. The van der Waals surface area contributed by atoms with Gasteiger partial charge in [0.25, 0.3) is 0 Å². The van der Waals surface area contributed by atoms with Crippen LogP contribution in [0.2, 0.25) is 0 Å². The van der Waals surface area contributed by atoms with Gasteiger partial charge in [-0.05, 0) is 23.8 Å². The molecule has 0 saturated carbocycles. The third-order valence-corrected chi connectivity index (χ3v) is 2.31. The summed E-state index contributed by atoms with van der Waals surface area (Å²) in [4.78, 5) is 0. The van der Waals surface area contributed by atoms with Gasteiger partial charge in [-0.2, -0.15) is 10.4 Å². The Morgan fingerprint density at radius 1 is 1.38 bits per heavy atom. The summed E-state index contributed by atoms with van der Waals surface area (Å²) in [6, 6.07) is 11.5. The summed E-state index contributed by atoms with van der Waals surface area (Å²) in [6.07, 6.45) is 1.89. The average molecular weight is 212 g/mol. The standard InChI is InChI=1S/C12H12N4/c13-7-10-2-1-3-11(6-10)9-16-5-4-12(8-14)15-16/h1-6H,8-9,14H2. The van der Waals surface area contributed by atoms with Gasteiger partial charge < -0.3 is 5.73 Å². The number of nitrogens with zero attached hydrogens (tertiary/aromatic N) is 3. The van der Waals surface area contributed by atoms with Crippen LogP contribution in [0.3, 0.4) is 0 Å². The fourth-order valence-corrected chi connectivity index (χ4v) is 1.53. The molecular formula is C12H12N4. The molecule has 80 valence electrons. The summed E-state index contributed by atoms with van der Waals surface area (Å²) in [6.45, 7) is 1.11. The molecule has 0 spiro atoms. The predicted molar refractivity (Wildman–Crippen MR) is 60.4 cm³/mol. The van der Waals surface area contributed by atoms with Gasteiger partial charge in [-0.1, -0.05) is 12.1 Å². The zero-order valence-electron chi connectivity index (χ0n) is 8.80. The van der Waals surface area contributed by atoms with E-state index < -0.39 is 0 Å². The molecule has 0 aliphatic heterocycles. The lowest BCUT2D eigenvalue weighted by Crippen LogP contribution is -2.03. The van der Waals surface area contributed by atoms with E-state index in [0.29, 0.717) is 18.7 Å². The molecular weight excluding hydrogens is 200 g/mol. The molecule has 1 heterocycles. The Hall–Kier alpha value is -2.12. The van der Waals surface area contributed by atoms with Gasteiger partial charge in [0.15, 0.2) is 0 Å². The lowest BCUT2D eigenvalue weighted by atomic mass is 10.1. The number of aromatic nitrogens is 2. The molecule has 0 aliphatic rings. The van der Waals surface area contributed by atoms with Gasteiger partial charge in [0.05, 0.1) is 23.9 Å². The van der Waals surface area contributed by atoms with Gasteiger partial charge in [0, 0.05) is 12.7 Å². The van der Waals surface area contributed by atoms with Crippen molar-refractivity contribution < 1.29 is 0 Å². The van der Waals surface area contributed by atoms with Crippen molar-refractivity contribution >= 4 is 0 Å². The maximum atomic E-state index is 8.78. The monoisotopic (exact) mass is 212 g/mol. The van der Waals surface area contributed by atoms with Crippen LogP contribution in [-0.4, -0.2) is 9.78 Å². The van der Waals surface area contributed by atoms with Crippen LogP contribution in [0.15, 0.2) is 36.5 Å². The number of rotatable bonds is 3. The molecule has 2 aromatic rings. The Bertz CT molecular complexity index is 522. The summed E-state index contributed by atoms with van der Waals surface area (Å²) in [5.41, 5.74) is 8.09. The van der Waals surface area contributed by atoms with Gasteiger partial charge >= 0.3 is 0 Å². The van der Waals surface area contributed by atoms with Crippen LogP contribution in [0.1, 0.15) is 16.8 Å². The summed E-state index contributed by atoms with van der Waals surface area (Å²) in [5, 5.41) is 13.1. The molecule has 0 saturated heterocycles. The Labute approximate surface area is 93.9 Å². The van der Waals surface area contributed by atoms with Gasteiger partial charge in [-0.3, -0.25) is 4.68 Å². The maximum Gasteiger partial charge on any atom is 0.0991 e. The van der Waals surface area contributed by atoms with Crippen LogP contribution < -0.4 is 5.73 Å². The first kappa shape index (κ1) is 10.4. The molecule has 1 aromatic heterocycles. The highest BCUT2D eigenvalue weighted by atomic mass is 15.3. The second kappa shape index (κ2) is 4.60. The predicted octanol–water partition coefficient (Wildman–Crippen LogP) is 1.26. The number of nitriles is 1. The molecule has 1 aromatic carbocycles. The Balaban J connectivity index is 2.17. The van der Waals surface area contributed by atoms with Crippen molar-refractivity contribution in [2.45, 2.75) is 13.1 Å². The fraction of sp³-hybridized carbons (Fsp3) is 0.167. The zero-order chi connectivity index (χ0) is 11.4. The molecule has 16 heavy (non-hydrogen) atoms. The van der Waals surface area contributed by atoms with Crippen molar-refractivity contribution in [1.82, 2.24) is 9.78 Å². The van der Waals surface area contributed by atoms with Crippen molar-refractivity contribution in [2.24, 2.45) is 5.73 Å². The molecule has 0 unspecified atom stereocenters. The second-order valence-corrected chi connectivity index (χ2v) is 3.52. The molecule has 0 aliphatic carbocycles. The molecule has 0 bridgehead atoms. The van der Waals surface area contributed by atoms with E-state index in [4.69, 9.17) is 11.0 Å². The van der Waals surface area contributed by atoms with E-state index in [-0.39, 0.29) is 0 Å². The van der Waals surface area contributed by atoms with Crippen molar-refractivity contribution in [2.75, 3.05) is 0 Å². The van der Waals surface area contributed by atoms with E-state index in [9.17, 15) is 0 Å². The van der Waals surface area contributed by atoms with Crippen LogP contribution in [0.4, 0.5) is 0 Å². The first-order valence-electron chi connectivity index (χ1n) is 5.03. The fourth-order valence-electron chi connectivity index (χ4n) is 1.53. The lowest BCUT2D eigenvalue weighted by molar-refractivity contribution is 0.672. The summed E-state index contributed by atoms with van der Waals surface area (Å²) >= 11 is 0. The van der Waals surface area contributed by atoms with Crippen LogP contribution in [0, 0.1) is 11.3 Å². The normalized spacial score (nSPS) is 10.0. The summed E-state index contributed by atoms with van der Waals surface area (Å²) < 4.78 is 1.82. The molecule has 2 rings (SSSR count). The highest BCUT2D eigenvalue weighted by Crippen LogP contribution is 2.06. The van der Waals surface area contributed by atoms with Crippen LogP contribution >= 0.6 is 0 Å². The van der Waals surface area contributed by atoms with Crippen LogP contribution in [0.25, 0.3) is 0 Å². The van der Waals surface area contributed by atoms with Crippen LogP contribution in [-0.2, 0) is 13.1 Å². The molecule has 0 radical (unpaired) electrons. The smallest absolute Gasteiger partial charge is 0.0991 e. The maximum absolute atomic E-state index is 8.78. The number of nitrogens with two attached hydrogens (primary N) is 1. The average Bonchev–Trinajstić information content (AvgIpc) is 2.77. The number of hydrogen-bond acceptors (Lipinski definition) is 3. The quantitative estimate of drug-likeness (QED) is 0.832. The van der Waals surface area contributed by atoms with Gasteiger partial charge in [-0.25, -0.2) is 0 Å². The Morgan fingerprint density at radius 2 is 2.25 bits per heavy atom. The van der Waals surface area contributed by atoms with Gasteiger partial charge in [0.2, 0.25) is 0 Å². The molecule has 0 fully saturated rings. The first-order valence-corrected chi connectivity index (χ1v) is 5.03. The van der Waals surface area contributed by atoms with Gasteiger partial charge in [0.1, 0.15) is 0 Å². The van der Waals surface area contributed by atoms with Gasteiger partial charge in [-0.15, -0.1) is 0 Å². The number of hydrogen-bond donors (Lipinski definition) is 1. The minimum Gasteiger partial charge on any atom is -0.325 e. The van der Waals surface area contributed by atoms with E-state index in [1.54, 1.807) is 6.07 Å². The largest absolute Gasteiger partial charge is 0.325 e. The summed E-state index contributed by atoms with van der Waals surface area (Å²) in [5.74, 6) is 0. The third kappa shape index (κ3) is 2.27. The molecule has 4 nitrogen and oxygen atoms in total. The minimum absolute atomic E-state index is 0.450. The molecule has 0 amide bonds. The van der Waals surface area contributed by atoms with E-state index in [1.807, 2.05) is 35.1 Å². The van der Waals surface area contributed by atoms with Crippen molar-refractivity contribution in [1.29, 1.82) is 5.26 Å². The Kier molecular flexibility index (Phi) is 2.99. The first-order chi connectivity index (χ1) is 7.81. The van der Waals surface area contributed by atoms with Crippen molar-refractivity contribution in [3.8, 4) is 6.07 Å². The van der Waals surface area contributed by atoms with Crippen molar-refractivity contribution in [3.63, 3.8) is 0 Å². The zero-order valence-corrected chi connectivity index (χ0v) is 8.80. The lowest BCUT2D eigenvalue weighted by Gasteiger charge is -2.02. The van der Waals surface area contributed by atoms with E-state index >= 15 is 0 Å². The van der Waals surface area contributed by atoms with E-state index in [2.05, 4.69) is 11.2 Å². The minimum atomic E-state index is 0.450. The topological polar surface area (TPSA) is 67.6 Å². The number of benzene rings is 1.